The number of rotatable bonds is 4. The largest absolute Gasteiger partial charge is 0.366 e. The smallest absolute Gasteiger partial charge is 0.126 e. The van der Waals surface area contributed by atoms with Gasteiger partial charge in [0.1, 0.15) is 5.82 Å². The molecule has 1 aromatic rings. The van der Waals surface area contributed by atoms with Gasteiger partial charge in [-0.15, -0.1) is 0 Å². The Morgan fingerprint density at radius 2 is 2.18 bits per heavy atom. The van der Waals surface area contributed by atoms with Gasteiger partial charge in [0.2, 0.25) is 0 Å². The molecule has 1 aliphatic rings. The van der Waals surface area contributed by atoms with E-state index in [1.54, 1.807) is 0 Å². The normalized spacial score (nSPS) is 18.3. The van der Waals surface area contributed by atoms with Gasteiger partial charge in [0.15, 0.2) is 0 Å². The van der Waals surface area contributed by atoms with Crippen LogP contribution in [0.3, 0.4) is 0 Å². The van der Waals surface area contributed by atoms with E-state index in [2.05, 4.69) is 26.2 Å². The van der Waals surface area contributed by atoms with Gasteiger partial charge in [-0.1, -0.05) is 12.8 Å². The summed E-state index contributed by atoms with van der Waals surface area (Å²) in [6.07, 6.45) is 5.28. The summed E-state index contributed by atoms with van der Waals surface area (Å²) >= 11 is 3.46. The molecule has 1 fully saturated rings. The molecule has 0 amide bonds. The highest BCUT2D eigenvalue weighted by Gasteiger charge is 2.24. The highest BCUT2D eigenvalue weighted by molar-refractivity contribution is 9.10. The molecule has 1 unspecified atom stereocenters. The van der Waals surface area contributed by atoms with Crippen molar-refractivity contribution >= 4 is 21.7 Å². The molecule has 1 aliphatic carbocycles. The first-order valence-electron chi connectivity index (χ1n) is 6.30. The van der Waals surface area contributed by atoms with Gasteiger partial charge in [-0.05, 0) is 53.7 Å². The lowest BCUT2D eigenvalue weighted by molar-refractivity contribution is 0.461. The summed E-state index contributed by atoms with van der Waals surface area (Å²) in [6, 6.07) is 4.41. The van der Waals surface area contributed by atoms with Gasteiger partial charge in [-0.25, -0.2) is 4.98 Å². The zero-order valence-electron chi connectivity index (χ0n) is 10.2. The van der Waals surface area contributed by atoms with E-state index in [0.29, 0.717) is 18.5 Å². The van der Waals surface area contributed by atoms with Crippen LogP contribution < -0.4 is 11.1 Å². The Labute approximate surface area is 111 Å². The maximum Gasteiger partial charge on any atom is 0.126 e. The molecule has 0 spiro atoms. The first kappa shape index (κ1) is 12.8. The molecule has 17 heavy (non-hydrogen) atoms. The summed E-state index contributed by atoms with van der Waals surface area (Å²) in [6.45, 7) is 2.68. The average molecular weight is 298 g/mol. The molecule has 3 N–H and O–H groups in total. The minimum absolute atomic E-state index is 0.366. The average Bonchev–Trinajstić information content (AvgIpc) is 2.84. The molecule has 0 radical (unpaired) electrons. The molecule has 1 heterocycles. The van der Waals surface area contributed by atoms with Crippen LogP contribution in [0.1, 0.15) is 31.4 Å². The molecular formula is C13H20BrN3. The lowest BCUT2D eigenvalue weighted by Gasteiger charge is -2.23. The minimum Gasteiger partial charge on any atom is -0.366 e. The summed E-state index contributed by atoms with van der Waals surface area (Å²) in [7, 11) is 0. The molecule has 1 saturated carbocycles. The Kier molecular flexibility index (Phi) is 4.40. The van der Waals surface area contributed by atoms with Gasteiger partial charge >= 0.3 is 0 Å². The van der Waals surface area contributed by atoms with E-state index in [9.17, 15) is 0 Å². The summed E-state index contributed by atoms with van der Waals surface area (Å²) in [5.74, 6) is 1.65. The van der Waals surface area contributed by atoms with Crippen molar-refractivity contribution in [3.8, 4) is 0 Å². The number of pyridine rings is 1. The Morgan fingerprint density at radius 1 is 1.47 bits per heavy atom. The fourth-order valence-electron chi connectivity index (χ4n) is 2.54. The Bertz CT molecular complexity index is 375. The highest BCUT2D eigenvalue weighted by atomic mass is 79.9. The second-order valence-electron chi connectivity index (χ2n) is 4.79. The molecule has 1 aromatic heterocycles. The number of aryl methyl sites for hydroxylation is 1. The molecular weight excluding hydrogens is 278 g/mol. The third-order valence-corrected chi connectivity index (χ3v) is 4.42. The lowest BCUT2D eigenvalue weighted by atomic mass is 9.98. The zero-order chi connectivity index (χ0) is 12.3. The fourth-order valence-corrected chi connectivity index (χ4v) is 2.76. The quantitative estimate of drug-likeness (QED) is 0.898. The van der Waals surface area contributed by atoms with Crippen molar-refractivity contribution in [3.63, 3.8) is 0 Å². The molecule has 2 rings (SSSR count). The van der Waals surface area contributed by atoms with Gasteiger partial charge in [0.05, 0.1) is 5.69 Å². The van der Waals surface area contributed by atoms with Crippen LogP contribution in [-0.4, -0.2) is 17.6 Å². The highest BCUT2D eigenvalue weighted by Crippen LogP contribution is 2.29. The molecule has 94 valence electrons. The van der Waals surface area contributed by atoms with E-state index in [1.807, 2.05) is 19.1 Å². The minimum atomic E-state index is 0.366. The van der Waals surface area contributed by atoms with Crippen molar-refractivity contribution in [1.82, 2.24) is 4.98 Å². The number of halogens is 1. The Hall–Kier alpha value is -0.610. The van der Waals surface area contributed by atoms with Gasteiger partial charge in [-0.3, -0.25) is 0 Å². The number of aromatic nitrogens is 1. The van der Waals surface area contributed by atoms with Crippen LogP contribution in [0.2, 0.25) is 0 Å². The maximum absolute atomic E-state index is 5.87. The first-order chi connectivity index (χ1) is 8.20. The number of anilines is 1. The van der Waals surface area contributed by atoms with Gasteiger partial charge in [-0.2, -0.15) is 0 Å². The van der Waals surface area contributed by atoms with Crippen molar-refractivity contribution in [2.24, 2.45) is 11.7 Å². The van der Waals surface area contributed by atoms with Crippen molar-refractivity contribution in [3.05, 3.63) is 22.3 Å². The topological polar surface area (TPSA) is 50.9 Å². The summed E-state index contributed by atoms with van der Waals surface area (Å²) in [5, 5.41) is 3.48. The van der Waals surface area contributed by atoms with Crippen LogP contribution >= 0.6 is 15.9 Å². The monoisotopic (exact) mass is 297 g/mol. The Morgan fingerprint density at radius 3 is 2.76 bits per heavy atom. The predicted octanol–water partition coefficient (Wildman–Crippen LogP) is 3.08. The van der Waals surface area contributed by atoms with Crippen molar-refractivity contribution in [1.29, 1.82) is 0 Å². The lowest BCUT2D eigenvalue weighted by Crippen LogP contribution is -2.35. The second-order valence-corrected chi connectivity index (χ2v) is 5.65. The van der Waals surface area contributed by atoms with Gasteiger partial charge in [0, 0.05) is 17.1 Å². The van der Waals surface area contributed by atoms with Crippen molar-refractivity contribution in [2.45, 2.75) is 38.6 Å². The van der Waals surface area contributed by atoms with Crippen LogP contribution in [0.15, 0.2) is 16.6 Å². The van der Waals surface area contributed by atoms with E-state index in [1.165, 1.54) is 25.7 Å². The van der Waals surface area contributed by atoms with Crippen LogP contribution in [0, 0.1) is 12.8 Å². The molecule has 4 heteroatoms. The third-order valence-electron chi connectivity index (χ3n) is 3.58. The molecule has 0 bridgehead atoms. The predicted molar refractivity (Wildman–Crippen MR) is 75.1 cm³/mol. The van der Waals surface area contributed by atoms with E-state index in [4.69, 9.17) is 5.73 Å². The number of nitrogens with two attached hydrogens (primary N) is 1. The van der Waals surface area contributed by atoms with Crippen LogP contribution in [0.25, 0.3) is 0 Å². The number of nitrogens with one attached hydrogen (secondary N) is 1. The zero-order valence-corrected chi connectivity index (χ0v) is 11.8. The van der Waals surface area contributed by atoms with Crippen molar-refractivity contribution < 1.29 is 0 Å². The molecule has 0 aliphatic heterocycles. The summed E-state index contributed by atoms with van der Waals surface area (Å²) < 4.78 is 1.05. The first-order valence-corrected chi connectivity index (χ1v) is 7.09. The van der Waals surface area contributed by atoms with E-state index >= 15 is 0 Å². The number of hydrogen-bond donors (Lipinski definition) is 2. The molecule has 1 atom stereocenters. The maximum atomic E-state index is 5.87. The third kappa shape index (κ3) is 3.19. The van der Waals surface area contributed by atoms with Gasteiger partial charge in [0.25, 0.3) is 0 Å². The second kappa shape index (κ2) is 5.83. The number of hydrogen-bond acceptors (Lipinski definition) is 3. The summed E-state index contributed by atoms with van der Waals surface area (Å²) in [5.41, 5.74) is 6.88. The van der Waals surface area contributed by atoms with E-state index in [-0.39, 0.29) is 0 Å². The Balaban J connectivity index is 2.04. The van der Waals surface area contributed by atoms with E-state index < -0.39 is 0 Å². The standard InChI is InChI=1S/C13H20BrN3/c1-9-11(14)6-7-13(16-9)17-12(8-15)10-4-2-3-5-10/h6-7,10,12H,2-5,8,15H2,1H3,(H,16,17). The van der Waals surface area contributed by atoms with Crippen LogP contribution in [-0.2, 0) is 0 Å². The van der Waals surface area contributed by atoms with Crippen LogP contribution in [0.5, 0.6) is 0 Å². The molecule has 0 aromatic carbocycles. The van der Waals surface area contributed by atoms with Crippen LogP contribution in [0.4, 0.5) is 5.82 Å². The SMILES string of the molecule is Cc1nc(NC(CN)C2CCCC2)ccc1Br. The van der Waals surface area contributed by atoms with E-state index in [0.717, 1.165) is 16.0 Å². The summed E-state index contributed by atoms with van der Waals surface area (Å²) in [4.78, 5) is 4.52. The fraction of sp³-hybridized carbons (Fsp3) is 0.615. The molecule has 3 nitrogen and oxygen atoms in total. The molecule has 0 saturated heterocycles. The number of nitrogens with zero attached hydrogens (tertiary/aromatic N) is 1. The van der Waals surface area contributed by atoms with Crippen molar-refractivity contribution in [2.75, 3.05) is 11.9 Å². The van der Waals surface area contributed by atoms with Gasteiger partial charge < -0.3 is 11.1 Å².